The molecule has 3 heteroatoms. The lowest BCUT2D eigenvalue weighted by Gasteiger charge is -2.44. The number of nitrogens with zero attached hydrogens (tertiary/aromatic N) is 2. The van der Waals surface area contributed by atoms with Gasteiger partial charge in [-0.1, -0.05) is 24.3 Å². The molecule has 3 nitrogen and oxygen atoms in total. The Morgan fingerprint density at radius 2 is 2.00 bits per heavy atom. The summed E-state index contributed by atoms with van der Waals surface area (Å²) < 4.78 is 2.05. The Bertz CT molecular complexity index is 594. The van der Waals surface area contributed by atoms with Crippen molar-refractivity contribution in [3.8, 4) is 0 Å². The highest BCUT2D eigenvalue weighted by Crippen LogP contribution is 2.34. The zero-order valence-electron chi connectivity index (χ0n) is 12.6. The van der Waals surface area contributed by atoms with E-state index in [1.807, 2.05) is 4.68 Å². The van der Waals surface area contributed by atoms with Gasteiger partial charge >= 0.3 is 0 Å². The summed E-state index contributed by atoms with van der Waals surface area (Å²) in [7, 11) is 0. The quantitative estimate of drug-likeness (QED) is 0.925. The summed E-state index contributed by atoms with van der Waals surface area (Å²) in [4.78, 5) is 0. The molecule has 1 aromatic heterocycles. The first kappa shape index (κ1) is 13.4. The van der Waals surface area contributed by atoms with Crippen LogP contribution in [0.1, 0.15) is 36.7 Å². The van der Waals surface area contributed by atoms with Crippen molar-refractivity contribution in [2.45, 2.75) is 38.6 Å². The van der Waals surface area contributed by atoms with Gasteiger partial charge in [0.1, 0.15) is 0 Å². The highest BCUT2D eigenvalue weighted by Gasteiger charge is 2.40. The molecule has 0 spiro atoms. The molecule has 106 valence electrons. The lowest BCUT2D eigenvalue weighted by Crippen LogP contribution is -2.58. The van der Waals surface area contributed by atoms with E-state index in [1.54, 1.807) is 0 Å². The van der Waals surface area contributed by atoms with E-state index in [1.165, 1.54) is 16.8 Å². The van der Waals surface area contributed by atoms with Crippen LogP contribution in [-0.4, -0.2) is 22.9 Å². The van der Waals surface area contributed by atoms with Crippen molar-refractivity contribution < 1.29 is 0 Å². The van der Waals surface area contributed by atoms with Crippen LogP contribution in [0.3, 0.4) is 0 Å². The molecule has 1 saturated heterocycles. The number of rotatable bonds is 4. The van der Waals surface area contributed by atoms with Crippen molar-refractivity contribution in [2.75, 3.05) is 13.1 Å². The third-order valence-electron chi connectivity index (χ3n) is 4.36. The molecule has 20 heavy (non-hydrogen) atoms. The maximum absolute atomic E-state index is 4.72. The predicted octanol–water partition coefficient (Wildman–Crippen LogP) is 2.86. The van der Waals surface area contributed by atoms with Crippen molar-refractivity contribution in [1.29, 1.82) is 0 Å². The number of aromatic nitrogens is 2. The van der Waals surface area contributed by atoms with E-state index in [2.05, 4.69) is 62.6 Å². The Morgan fingerprint density at radius 1 is 1.25 bits per heavy atom. The van der Waals surface area contributed by atoms with Crippen molar-refractivity contribution in [3.05, 3.63) is 53.3 Å². The second-order valence-electron chi connectivity index (χ2n) is 6.26. The number of benzene rings is 1. The van der Waals surface area contributed by atoms with Gasteiger partial charge in [0.25, 0.3) is 0 Å². The smallest absolute Gasteiger partial charge is 0.0634 e. The molecular weight excluding hydrogens is 246 g/mol. The summed E-state index contributed by atoms with van der Waals surface area (Å²) in [5.41, 5.74) is 4.28. The fourth-order valence-corrected chi connectivity index (χ4v) is 3.11. The fraction of sp³-hybridized carbons (Fsp3) is 0.471. The summed E-state index contributed by atoms with van der Waals surface area (Å²) in [5, 5.41) is 8.16. The van der Waals surface area contributed by atoms with Gasteiger partial charge in [0.15, 0.2) is 0 Å². The lowest BCUT2D eigenvalue weighted by molar-refractivity contribution is 0.270. The number of hydrogen-bond donors (Lipinski definition) is 1. The lowest BCUT2D eigenvalue weighted by atomic mass is 9.70. The van der Waals surface area contributed by atoms with Crippen LogP contribution in [0, 0.1) is 6.92 Å². The molecule has 1 aromatic carbocycles. The second-order valence-corrected chi connectivity index (χ2v) is 6.26. The molecule has 0 amide bonds. The summed E-state index contributed by atoms with van der Waals surface area (Å²) in [6.07, 6.45) is 3.11. The van der Waals surface area contributed by atoms with Crippen LogP contribution in [0.5, 0.6) is 0 Å². The van der Waals surface area contributed by atoms with Crippen molar-refractivity contribution in [3.63, 3.8) is 0 Å². The van der Waals surface area contributed by atoms with Crippen LogP contribution in [0.4, 0.5) is 0 Å². The molecular formula is C17H23N3. The molecule has 1 fully saturated rings. The van der Waals surface area contributed by atoms with E-state index in [0.29, 0.717) is 6.04 Å². The summed E-state index contributed by atoms with van der Waals surface area (Å²) in [5.74, 6) is 0. The average molecular weight is 269 g/mol. The Balaban J connectivity index is 1.88. The molecule has 0 radical (unpaired) electrons. The molecule has 1 aliphatic rings. The van der Waals surface area contributed by atoms with Gasteiger partial charge in [0.05, 0.1) is 5.69 Å². The second kappa shape index (κ2) is 5.06. The standard InChI is InChI=1S/C17H23N3/c1-13(2)20-9-8-15(19-20)10-17(11-18-12-17)16-7-5-4-6-14(16)3/h4-9,13,18H,10-12H2,1-3H3. The third-order valence-corrected chi connectivity index (χ3v) is 4.36. The minimum absolute atomic E-state index is 0.224. The van der Waals surface area contributed by atoms with Gasteiger partial charge in [-0.3, -0.25) is 4.68 Å². The molecule has 0 atom stereocenters. The average Bonchev–Trinajstić information content (AvgIpc) is 2.83. The summed E-state index contributed by atoms with van der Waals surface area (Å²) in [6.45, 7) is 8.64. The van der Waals surface area contributed by atoms with Gasteiger partial charge in [-0.15, -0.1) is 0 Å². The first-order valence-corrected chi connectivity index (χ1v) is 7.42. The first-order valence-electron chi connectivity index (χ1n) is 7.42. The molecule has 0 unspecified atom stereocenters. The fourth-order valence-electron chi connectivity index (χ4n) is 3.11. The number of nitrogens with one attached hydrogen (secondary N) is 1. The molecule has 1 aliphatic heterocycles. The van der Waals surface area contributed by atoms with E-state index < -0.39 is 0 Å². The topological polar surface area (TPSA) is 29.9 Å². The maximum atomic E-state index is 4.72. The number of hydrogen-bond acceptors (Lipinski definition) is 2. The third kappa shape index (κ3) is 2.27. The Hall–Kier alpha value is -1.61. The summed E-state index contributed by atoms with van der Waals surface area (Å²) in [6, 6.07) is 11.3. The minimum Gasteiger partial charge on any atom is -0.315 e. The van der Waals surface area contributed by atoms with E-state index >= 15 is 0 Å². The Labute approximate surface area is 121 Å². The molecule has 0 saturated carbocycles. The van der Waals surface area contributed by atoms with E-state index in [4.69, 9.17) is 5.10 Å². The number of aryl methyl sites for hydroxylation is 1. The van der Waals surface area contributed by atoms with Crippen LogP contribution in [0.2, 0.25) is 0 Å². The first-order chi connectivity index (χ1) is 9.61. The highest BCUT2D eigenvalue weighted by atomic mass is 15.3. The van der Waals surface area contributed by atoms with Crippen LogP contribution >= 0.6 is 0 Å². The summed E-state index contributed by atoms with van der Waals surface area (Å²) >= 11 is 0. The molecule has 3 rings (SSSR count). The Kier molecular flexibility index (Phi) is 3.38. The van der Waals surface area contributed by atoms with Crippen molar-refractivity contribution >= 4 is 0 Å². The van der Waals surface area contributed by atoms with Gasteiger partial charge in [0.2, 0.25) is 0 Å². The van der Waals surface area contributed by atoms with Gasteiger partial charge in [0, 0.05) is 37.2 Å². The van der Waals surface area contributed by atoms with Crippen molar-refractivity contribution in [2.24, 2.45) is 0 Å². The molecule has 0 bridgehead atoms. The zero-order chi connectivity index (χ0) is 14.2. The van der Waals surface area contributed by atoms with E-state index in [-0.39, 0.29) is 5.41 Å². The Morgan fingerprint density at radius 3 is 2.55 bits per heavy atom. The monoisotopic (exact) mass is 269 g/mol. The molecule has 2 aromatic rings. The maximum Gasteiger partial charge on any atom is 0.0634 e. The van der Waals surface area contributed by atoms with Gasteiger partial charge in [-0.05, 0) is 38.0 Å². The van der Waals surface area contributed by atoms with Crippen LogP contribution in [0.15, 0.2) is 36.5 Å². The van der Waals surface area contributed by atoms with Gasteiger partial charge in [-0.25, -0.2) is 0 Å². The van der Waals surface area contributed by atoms with E-state index in [0.717, 1.165) is 19.5 Å². The normalized spacial score (nSPS) is 17.2. The van der Waals surface area contributed by atoms with Gasteiger partial charge < -0.3 is 5.32 Å². The van der Waals surface area contributed by atoms with Crippen LogP contribution < -0.4 is 5.32 Å². The van der Waals surface area contributed by atoms with E-state index in [9.17, 15) is 0 Å². The molecule has 1 N–H and O–H groups in total. The van der Waals surface area contributed by atoms with Crippen LogP contribution in [0.25, 0.3) is 0 Å². The highest BCUT2D eigenvalue weighted by molar-refractivity contribution is 5.38. The minimum atomic E-state index is 0.224. The zero-order valence-corrected chi connectivity index (χ0v) is 12.6. The molecule has 2 heterocycles. The van der Waals surface area contributed by atoms with Crippen LogP contribution in [-0.2, 0) is 11.8 Å². The predicted molar refractivity (Wildman–Crippen MR) is 82.0 cm³/mol. The van der Waals surface area contributed by atoms with Gasteiger partial charge in [-0.2, -0.15) is 5.10 Å². The largest absolute Gasteiger partial charge is 0.315 e. The SMILES string of the molecule is Cc1ccccc1C1(Cc2ccn(C(C)C)n2)CNC1. The molecule has 0 aliphatic carbocycles. The van der Waals surface area contributed by atoms with Crippen molar-refractivity contribution in [1.82, 2.24) is 15.1 Å².